The summed E-state index contributed by atoms with van der Waals surface area (Å²) < 4.78 is 1.68. The molecule has 0 bridgehead atoms. The van der Waals surface area contributed by atoms with Crippen molar-refractivity contribution in [2.75, 3.05) is 18.1 Å². The SMILES string of the molecule is CNc1nc(N)n(Cc2cccc(C)c2)n1. The van der Waals surface area contributed by atoms with Gasteiger partial charge in [-0.25, -0.2) is 4.68 Å². The summed E-state index contributed by atoms with van der Waals surface area (Å²) in [4.78, 5) is 4.07. The fraction of sp³-hybridized carbons (Fsp3) is 0.273. The van der Waals surface area contributed by atoms with Gasteiger partial charge in [0.25, 0.3) is 0 Å². The van der Waals surface area contributed by atoms with Gasteiger partial charge >= 0.3 is 0 Å². The van der Waals surface area contributed by atoms with E-state index in [1.54, 1.807) is 11.7 Å². The number of rotatable bonds is 3. The third kappa shape index (κ3) is 2.13. The molecule has 2 rings (SSSR count). The molecule has 0 amide bonds. The number of aryl methyl sites for hydroxylation is 1. The van der Waals surface area contributed by atoms with Crippen molar-refractivity contribution >= 4 is 11.9 Å². The van der Waals surface area contributed by atoms with Crippen LogP contribution in [0.1, 0.15) is 11.1 Å². The topological polar surface area (TPSA) is 68.8 Å². The first kappa shape index (κ1) is 10.5. The van der Waals surface area contributed by atoms with Crippen LogP contribution in [0.15, 0.2) is 24.3 Å². The fourth-order valence-electron chi connectivity index (χ4n) is 1.56. The zero-order valence-corrected chi connectivity index (χ0v) is 9.44. The van der Waals surface area contributed by atoms with Crippen LogP contribution >= 0.6 is 0 Å². The molecule has 0 fully saturated rings. The molecule has 1 aromatic heterocycles. The first-order valence-electron chi connectivity index (χ1n) is 5.12. The van der Waals surface area contributed by atoms with E-state index in [1.165, 1.54) is 11.1 Å². The maximum Gasteiger partial charge on any atom is 0.243 e. The number of nitrogen functional groups attached to an aromatic ring is 1. The highest BCUT2D eigenvalue weighted by Gasteiger charge is 2.05. The second-order valence-corrected chi connectivity index (χ2v) is 3.69. The van der Waals surface area contributed by atoms with Gasteiger partial charge in [0, 0.05) is 7.05 Å². The maximum absolute atomic E-state index is 5.75. The number of nitrogens with zero attached hydrogens (tertiary/aromatic N) is 3. The monoisotopic (exact) mass is 217 g/mol. The van der Waals surface area contributed by atoms with E-state index in [2.05, 4.69) is 34.5 Å². The molecule has 16 heavy (non-hydrogen) atoms. The first-order chi connectivity index (χ1) is 7.69. The average Bonchev–Trinajstić information content (AvgIpc) is 2.60. The summed E-state index contributed by atoms with van der Waals surface area (Å²) in [6.45, 7) is 2.70. The highest BCUT2D eigenvalue weighted by atomic mass is 15.4. The van der Waals surface area contributed by atoms with Crippen molar-refractivity contribution in [1.29, 1.82) is 0 Å². The van der Waals surface area contributed by atoms with E-state index in [4.69, 9.17) is 5.73 Å². The van der Waals surface area contributed by atoms with Gasteiger partial charge in [-0.2, -0.15) is 4.98 Å². The van der Waals surface area contributed by atoms with Crippen LogP contribution in [-0.4, -0.2) is 21.8 Å². The van der Waals surface area contributed by atoms with Gasteiger partial charge in [-0.1, -0.05) is 29.8 Å². The Hall–Kier alpha value is -2.04. The Kier molecular flexibility index (Phi) is 2.76. The standard InChI is InChI=1S/C11H15N5/c1-8-4-3-5-9(6-8)7-16-10(12)14-11(13-2)15-16/h3-6H,7H2,1-2H3,(H3,12,13,14,15). The van der Waals surface area contributed by atoms with Crippen molar-refractivity contribution in [2.24, 2.45) is 0 Å². The number of anilines is 2. The maximum atomic E-state index is 5.75. The molecule has 3 N–H and O–H groups in total. The Morgan fingerprint density at radius 2 is 2.25 bits per heavy atom. The molecule has 0 spiro atoms. The van der Waals surface area contributed by atoms with E-state index in [0.717, 1.165) is 0 Å². The summed E-state index contributed by atoms with van der Waals surface area (Å²) in [6.07, 6.45) is 0. The summed E-state index contributed by atoms with van der Waals surface area (Å²) >= 11 is 0. The molecular formula is C11H15N5. The third-order valence-corrected chi connectivity index (χ3v) is 2.34. The summed E-state index contributed by atoms with van der Waals surface area (Å²) in [5.74, 6) is 0.969. The normalized spacial score (nSPS) is 10.4. The summed E-state index contributed by atoms with van der Waals surface area (Å²) in [7, 11) is 1.77. The summed E-state index contributed by atoms with van der Waals surface area (Å²) in [5.41, 5.74) is 8.15. The molecule has 2 aromatic rings. The van der Waals surface area contributed by atoms with Crippen LogP contribution in [0.2, 0.25) is 0 Å². The Balaban J connectivity index is 2.23. The lowest BCUT2D eigenvalue weighted by molar-refractivity contribution is 0.698. The lowest BCUT2D eigenvalue weighted by Gasteiger charge is -2.03. The second kappa shape index (κ2) is 4.22. The van der Waals surface area contributed by atoms with Gasteiger partial charge in [-0.15, -0.1) is 5.10 Å². The molecule has 1 aromatic carbocycles. The molecule has 0 aliphatic rings. The summed E-state index contributed by atoms with van der Waals surface area (Å²) in [6, 6.07) is 8.25. The van der Waals surface area contributed by atoms with Gasteiger partial charge in [0.05, 0.1) is 6.54 Å². The van der Waals surface area contributed by atoms with Crippen LogP contribution < -0.4 is 11.1 Å². The van der Waals surface area contributed by atoms with E-state index in [9.17, 15) is 0 Å². The zero-order chi connectivity index (χ0) is 11.5. The van der Waals surface area contributed by atoms with Crippen molar-refractivity contribution in [1.82, 2.24) is 14.8 Å². The van der Waals surface area contributed by atoms with E-state index in [0.29, 0.717) is 18.4 Å². The molecule has 0 unspecified atom stereocenters. The van der Waals surface area contributed by atoms with Crippen LogP contribution in [0.25, 0.3) is 0 Å². The quantitative estimate of drug-likeness (QED) is 0.812. The van der Waals surface area contributed by atoms with Gasteiger partial charge in [0.1, 0.15) is 0 Å². The van der Waals surface area contributed by atoms with Crippen LogP contribution in [0.3, 0.4) is 0 Å². The summed E-state index contributed by atoms with van der Waals surface area (Å²) in [5, 5.41) is 7.08. The molecule has 0 saturated carbocycles. The largest absolute Gasteiger partial charge is 0.368 e. The molecule has 0 atom stereocenters. The number of benzene rings is 1. The molecule has 5 nitrogen and oxygen atoms in total. The number of hydrogen-bond acceptors (Lipinski definition) is 4. The highest BCUT2D eigenvalue weighted by Crippen LogP contribution is 2.10. The lowest BCUT2D eigenvalue weighted by atomic mass is 10.1. The van der Waals surface area contributed by atoms with E-state index in [1.807, 2.05) is 12.1 Å². The zero-order valence-electron chi connectivity index (χ0n) is 9.44. The van der Waals surface area contributed by atoms with Crippen LogP contribution in [-0.2, 0) is 6.54 Å². The van der Waals surface area contributed by atoms with Crippen LogP contribution in [0.5, 0.6) is 0 Å². The molecule has 0 radical (unpaired) electrons. The number of nitrogens with two attached hydrogens (primary N) is 1. The van der Waals surface area contributed by atoms with E-state index >= 15 is 0 Å². The molecule has 5 heteroatoms. The molecule has 84 valence electrons. The molecule has 0 saturated heterocycles. The minimum Gasteiger partial charge on any atom is -0.368 e. The predicted molar refractivity (Wildman–Crippen MR) is 64.3 cm³/mol. The number of nitrogens with one attached hydrogen (secondary N) is 1. The van der Waals surface area contributed by atoms with Crippen molar-refractivity contribution < 1.29 is 0 Å². The second-order valence-electron chi connectivity index (χ2n) is 3.69. The van der Waals surface area contributed by atoms with Crippen molar-refractivity contribution in [2.45, 2.75) is 13.5 Å². The minimum absolute atomic E-state index is 0.422. The van der Waals surface area contributed by atoms with Crippen molar-refractivity contribution in [3.05, 3.63) is 35.4 Å². The molecule has 0 aliphatic carbocycles. The Morgan fingerprint density at radius 3 is 2.88 bits per heavy atom. The van der Waals surface area contributed by atoms with Gasteiger partial charge in [0.2, 0.25) is 11.9 Å². The van der Waals surface area contributed by atoms with Crippen molar-refractivity contribution in [3.63, 3.8) is 0 Å². The van der Waals surface area contributed by atoms with E-state index in [-0.39, 0.29) is 0 Å². The Morgan fingerprint density at radius 1 is 1.44 bits per heavy atom. The number of hydrogen-bond donors (Lipinski definition) is 2. The molecular weight excluding hydrogens is 202 g/mol. The smallest absolute Gasteiger partial charge is 0.243 e. The lowest BCUT2D eigenvalue weighted by Crippen LogP contribution is -2.06. The van der Waals surface area contributed by atoms with Crippen molar-refractivity contribution in [3.8, 4) is 0 Å². The van der Waals surface area contributed by atoms with Gasteiger partial charge in [-0.05, 0) is 12.5 Å². The Bertz CT molecular complexity index is 489. The van der Waals surface area contributed by atoms with Gasteiger partial charge in [0.15, 0.2) is 0 Å². The van der Waals surface area contributed by atoms with Crippen LogP contribution in [0, 0.1) is 6.92 Å². The van der Waals surface area contributed by atoms with Crippen LogP contribution in [0.4, 0.5) is 11.9 Å². The van der Waals surface area contributed by atoms with Gasteiger partial charge in [-0.3, -0.25) is 0 Å². The average molecular weight is 217 g/mol. The number of aromatic nitrogens is 3. The predicted octanol–water partition coefficient (Wildman–Crippen LogP) is 1.26. The molecule has 0 aliphatic heterocycles. The fourth-order valence-corrected chi connectivity index (χ4v) is 1.56. The third-order valence-electron chi connectivity index (χ3n) is 2.34. The Labute approximate surface area is 94.3 Å². The van der Waals surface area contributed by atoms with Gasteiger partial charge < -0.3 is 11.1 Å². The highest BCUT2D eigenvalue weighted by molar-refractivity contribution is 5.32. The van der Waals surface area contributed by atoms with E-state index < -0.39 is 0 Å². The minimum atomic E-state index is 0.422. The molecule has 1 heterocycles. The first-order valence-corrected chi connectivity index (χ1v) is 5.12.